The summed E-state index contributed by atoms with van der Waals surface area (Å²) in [7, 11) is 0. The lowest BCUT2D eigenvalue weighted by Gasteiger charge is -2.12. The highest BCUT2D eigenvalue weighted by Gasteiger charge is 2.20. The molecule has 0 aliphatic heterocycles. The Kier molecular flexibility index (Phi) is 6.05. The van der Waals surface area contributed by atoms with Crippen LogP contribution in [0.25, 0.3) is 11.3 Å². The molecule has 2 heterocycles. The number of aromatic nitrogens is 2. The van der Waals surface area contributed by atoms with Gasteiger partial charge in [-0.1, -0.05) is 29.3 Å². The lowest BCUT2D eigenvalue weighted by molar-refractivity contribution is -0.123. The average Bonchev–Trinajstić information content (AvgIpc) is 3.13. The van der Waals surface area contributed by atoms with Crippen LogP contribution >= 0.6 is 34.5 Å². The molecule has 6 nitrogen and oxygen atoms in total. The van der Waals surface area contributed by atoms with Gasteiger partial charge >= 0.3 is 5.97 Å². The molecule has 0 aliphatic carbocycles. The van der Waals surface area contributed by atoms with Gasteiger partial charge in [-0.3, -0.25) is 15.1 Å². The van der Waals surface area contributed by atoms with Gasteiger partial charge in [0.05, 0.1) is 21.3 Å². The van der Waals surface area contributed by atoms with Gasteiger partial charge in [-0.15, -0.1) is 11.3 Å². The number of hydrogen-bond acceptors (Lipinski definition) is 6. The lowest BCUT2D eigenvalue weighted by Crippen LogP contribution is -2.30. The number of benzene rings is 1. The van der Waals surface area contributed by atoms with Crippen LogP contribution in [-0.2, 0) is 9.53 Å². The zero-order valence-electron chi connectivity index (χ0n) is 14.0. The second kappa shape index (κ2) is 8.47. The first-order valence-corrected chi connectivity index (χ1v) is 9.40. The summed E-state index contributed by atoms with van der Waals surface area (Å²) in [5.74, 6) is -1.11. The number of thiazole rings is 1. The van der Waals surface area contributed by atoms with Gasteiger partial charge in [-0.05, 0) is 31.2 Å². The number of halogens is 2. The number of nitrogens with one attached hydrogen (secondary N) is 1. The second-order valence-electron chi connectivity index (χ2n) is 5.45. The van der Waals surface area contributed by atoms with E-state index in [-0.39, 0.29) is 5.56 Å². The van der Waals surface area contributed by atoms with Crippen LogP contribution in [0.4, 0.5) is 5.13 Å². The van der Waals surface area contributed by atoms with Crippen LogP contribution in [-0.4, -0.2) is 27.9 Å². The summed E-state index contributed by atoms with van der Waals surface area (Å²) in [6.45, 7) is 1.48. The predicted octanol–water partition coefficient (Wildman–Crippen LogP) is 4.70. The van der Waals surface area contributed by atoms with Gasteiger partial charge < -0.3 is 4.74 Å². The van der Waals surface area contributed by atoms with E-state index in [0.29, 0.717) is 20.9 Å². The highest BCUT2D eigenvalue weighted by Crippen LogP contribution is 2.30. The summed E-state index contributed by atoms with van der Waals surface area (Å²) in [5, 5.41) is 5.66. The van der Waals surface area contributed by atoms with E-state index in [1.165, 1.54) is 24.5 Å². The van der Waals surface area contributed by atoms with Crippen molar-refractivity contribution in [2.24, 2.45) is 0 Å². The molecule has 1 aromatic carbocycles. The Morgan fingerprint density at radius 1 is 1.22 bits per heavy atom. The molecule has 0 spiro atoms. The largest absolute Gasteiger partial charge is 0.449 e. The van der Waals surface area contributed by atoms with Crippen molar-refractivity contribution in [2.75, 3.05) is 5.32 Å². The van der Waals surface area contributed by atoms with Gasteiger partial charge in [0, 0.05) is 23.3 Å². The Bertz CT molecular complexity index is 979. The summed E-state index contributed by atoms with van der Waals surface area (Å²) < 4.78 is 5.14. The van der Waals surface area contributed by atoms with Crippen molar-refractivity contribution in [1.82, 2.24) is 9.97 Å². The minimum absolute atomic E-state index is 0.272. The van der Waals surface area contributed by atoms with Gasteiger partial charge in [-0.25, -0.2) is 9.78 Å². The number of carbonyl (C=O) groups is 2. The smallest absolute Gasteiger partial charge is 0.340 e. The molecular weight excluding hydrogens is 409 g/mol. The van der Waals surface area contributed by atoms with Crippen molar-refractivity contribution in [3.8, 4) is 11.3 Å². The highest BCUT2D eigenvalue weighted by molar-refractivity contribution is 7.14. The molecule has 27 heavy (non-hydrogen) atoms. The van der Waals surface area contributed by atoms with Gasteiger partial charge in [0.1, 0.15) is 0 Å². The van der Waals surface area contributed by atoms with E-state index in [0.717, 1.165) is 5.56 Å². The summed E-state index contributed by atoms with van der Waals surface area (Å²) in [6, 6.07) is 8.33. The van der Waals surface area contributed by atoms with E-state index >= 15 is 0 Å². The van der Waals surface area contributed by atoms with Crippen LogP contribution in [0.3, 0.4) is 0 Å². The van der Waals surface area contributed by atoms with Crippen LogP contribution in [0.1, 0.15) is 17.3 Å². The number of nitrogens with zero attached hydrogens (tertiary/aromatic N) is 2. The number of amides is 1. The number of ether oxygens (including phenoxy) is 1. The zero-order chi connectivity index (χ0) is 19.4. The Hall–Kier alpha value is -2.48. The number of pyridine rings is 1. The van der Waals surface area contributed by atoms with E-state index in [9.17, 15) is 9.59 Å². The molecule has 0 bridgehead atoms. The van der Waals surface area contributed by atoms with Crippen LogP contribution < -0.4 is 5.32 Å². The first-order chi connectivity index (χ1) is 12.9. The maximum atomic E-state index is 12.2. The Labute approximate surface area is 169 Å². The summed E-state index contributed by atoms with van der Waals surface area (Å²) >= 11 is 13.2. The van der Waals surface area contributed by atoms with Crippen molar-refractivity contribution in [1.29, 1.82) is 0 Å². The number of hydrogen-bond donors (Lipinski definition) is 1. The fraction of sp³-hybridized carbons (Fsp3) is 0.111. The predicted molar refractivity (Wildman–Crippen MR) is 105 cm³/mol. The van der Waals surface area contributed by atoms with Crippen molar-refractivity contribution >= 4 is 51.5 Å². The second-order valence-corrected chi connectivity index (χ2v) is 7.12. The summed E-state index contributed by atoms with van der Waals surface area (Å²) in [5.41, 5.74) is 1.69. The molecule has 1 N–H and O–H groups in total. The van der Waals surface area contributed by atoms with E-state index in [4.69, 9.17) is 27.9 Å². The maximum absolute atomic E-state index is 12.2. The monoisotopic (exact) mass is 421 g/mol. The van der Waals surface area contributed by atoms with Gasteiger partial charge in [0.25, 0.3) is 5.91 Å². The van der Waals surface area contributed by atoms with E-state index in [2.05, 4.69) is 15.3 Å². The molecule has 1 atom stereocenters. The summed E-state index contributed by atoms with van der Waals surface area (Å²) in [4.78, 5) is 32.4. The SMILES string of the molecule is CC(OC(=O)c1cccnc1)C(=O)Nc1nc(-c2ccc(Cl)c(Cl)c2)cs1. The fourth-order valence-electron chi connectivity index (χ4n) is 2.09. The van der Waals surface area contributed by atoms with Crippen molar-refractivity contribution in [3.63, 3.8) is 0 Å². The van der Waals surface area contributed by atoms with Gasteiger partial charge in [0.2, 0.25) is 0 Å². The average molecular weight is 422 g/mol. The minimum Gasteiger partial charge on any atom is -0.449 e. The molecule has 2 aromatic heterocycles. The first kappa shape index (κ1) is 19.3. The fourth-order valence-corrected chi connectivity index (χ4v) is 3.11. The number of carbonyl (C=O) groups excluding carboxylic acids is 2. The standard InChI is InChI=1S/C18H13Cl2N3O3S/c1-10(26-17(25)12-3-2-6-21-8-12)16(24)23-18-22-15(9-27-18)11-4-5-13(19)14(20)7-11/h2-10H,1H3,(H,22,23,24). The molecule has 138 valence electrons. The van der Waals surface area contributed by atoms with Crippen molar-refractivity contribution < 1.29 is 14.3 Å². The van der Waals surface area contributed by atoms with Crippen LogP contribution in [0, 0.1) is 0 Å². The molecule has 0 saturated carbocycles. The molecule has 9 heteroatoms. The minimum atomic E-state index is -0.991. The molecule has 0 radical (unpaired) electrons. The molecule has 3 rings (SSSR count). The van der Waals surface area contributed by atoms with Gasteiger partial charge in [-0.2, -0.15) is 0 Å². The maximum Gasteiger partial charge on any atom is 0.340 e. The van der Waals surface area contributed by atoms with E-state index in [1.807, 2.05) is 0 Å². The normalized spacial score (nSPS) is 11.7. The quantitative estimate of drug-likeness (QED) is 0.603. The third kappa shape index (κ3) is 4.82. The van der Waals surface area contributed by atoms with Crippen LogP contribution in [0.15, 0.2) is 48.1 Å². The third-order valence-electron chi connectivity index (χ3n) is 3.50. The Morgan fingerprint density at radius 2 is 2.04 bits per heavy atom. The molecule has 3 aromatic rings. The number of anilines is 1. The topological polar surface area (TPSA) is 81.2 Å². The molecule has 1 amide bonds. The third-order valence-corrected chi connectivity index (χ3v) is 5.00. The Balaban J connectivity index is 1.63. The summed E-state index contributed by atoms with van der Waals surface area (Å²) in [6.07, 6.45) is 1.92. The zero-order valence-corrected chi connectivity index (χ0v) is 16.3. The van der Waals surface area contributed by atoms with Gasteiger partial charge in [0.15, 0.2) is 11.2 Å². The Morgan fingerprint density at radius 3 is 2.74 bits per heavy atom. The van der Waals surface area contributed by atoms with Crippen molar-refractivity contribution in [2.45, 2.75) is 13.0 Å². The molecule has 1 unspecified atom stereocenters. The van der Waals surface area contributed by atoms with Crippen molar-refractivity contribution in [3.05, 3.63) is 63.7 Å². The lowest BCUT2D eigenvalue weighted by atomic mass is 10.2. The molecule has 0 aliphatic rings. The molecule has 0 fully saturated rings. The first-order valence-electron chi connectivity index (χ1n) is 7.77. The highest BCUT2D eigenvalue weighted by atomic mass is 35.5. The van der Waals surface area contributed by atoms with E-state index in [1.54, 1.807) is 41.9 Å². The molecule has 0 saturated heterocycles. The van der Waals surface area contributed by atoms with E-state index < -0.39 is 18.0 Å². The number of esters is 1. The molecular formula is C18H13Cl2N3O3S. The number of rotatable bonds is 5. The van der Waals surface area contributed by atoms with Crippen LogP contribution in [0.5, 0.6) is 0 Å². The van der Waals surface area contributed by atoms with Crippen LogP contribution in [0.2, 0.25) is 10.0 Å².